The van der Waals surface area contributed by atoms with Crippen LogP contribution in [0.4, 0.5) is 18.9 Å². The largest absolute Gasteiger partial charge is 0.573 e. The van der Waals surface area contributed by atoms with Crippen LogP contribution in [0.1, 0.15) is 12.5 Å². The van der Waals surface area contributed by atoms with Crippen LogP contribution in [0.5, 0.6) is 5.75 Å². The average molecular weight is 529 g/mol. The predicted molar refractivity (Wildman–Crippen MR) is 134 cm³/mol. The number of carbonyl (C=O) groups is 1. The lowest BCUT2D eigenvalue weighted by molar-refractivity contribution is -0.274. The molecule has 0 fully saturated rings. The molecule has 1 aromatic heterocycles. The first-order valence-electron chi connectivity index (χ1n) is 11.3. The molecule has 37 heavy (non-hydrogen) atoms. The number of sulfone groups is 1. The third-order valence-electron chi connectivity index (χ3n) is 5.59. The maximum Gasteiger partial charge on any atom is 0.573 e. The van der Waals surface area contributed by atoms with Crippen LogP contribution in [0.15, 0.2) is 96.2 Å². The Bertz CT molecular complexity index is 1500. The molecule has 6 nitrogen and oxygen atoms in total. The number of carbonyl (C=O) groups excluding carboxylic acids is 1. The second-order valence-corrected chi connectivity index (χ2v) is 10.4. The summed E-state index contributed by atoms with van der Waals surface area (Å²) in [6, 6.07) is 20.4. The van der Waals surface area contributed by atoms with Gasteiger partial charge >= 0.3 is 6.36 Å². The third kappa shape index (κ3) is 6.39. The van der Waals surface area contributed by atoms with E-state index in [9.17, 15) is 26.4 Å². The van der Waals surface area contributed by atoms with E-state index in [1.165, 1.54) is 30.3 Å². The van der Waals surface area contributed by atoms with E-state index in [2.05, 4.69) is 10.1 Å². The number of nitrogens with zero attached hydrogens (tertiary/aromatic N) is 1. The fourth-order valence-corrected chi connectivity index (χ4v) is 4.70. The molecule has 4 rings (SSSR count). The first-order chi connectivity index (χ1) is 17.6. The van der Waals surface area contributed by atoms with Crippen molar-refractivity contribution < 1.29 is 31.1 Å². The lowest BCUT2D eigenvalue weighted by Crippen LogP contribution is -2.17. The van der Waals surface area contributed by atoms with E-state index < -0.39 is 16.2 Å². The zero-order valence-electron chi connectivity index (χ0n) is 19.7. The number of alkyl halides is 3. The summed E-state index contributed by atoms with van der Waals surface area (Å²) in [6.07, 6.45) is -1.36. The molecular formula is C27H23F3N2O4S. The van der Waals surface area contributed by atoms with Crippen LogP contribution < -0.4 is 10.1 Å². The van der Waals surface area contributed by atoms with Crippen molar-refractivity contribution in [3.8, 4) is 22.6 Å². The Kier molecular flexibility index (Phi) is 7.40. The second-order valence-electron chi connectivity index (χ2n) is 8.14. The highest BCUT2D eigenvalue weighted by Gasteiger charge is 2.32. The van der Waals surface area contributed by atoms with E-state index >= 15 is 0 Å². The maximum atomic E-state index is 13.0. The first kappa shape index (κ1) is 26.0. The molecular weight excluding hydrogens is 505 g/mol. The van der Waals surface area contributed by atoms with Crippen LogP contribution in [-0.4, -0.2) is 31.0 Å². The molecule has 192 valence electrons. The molecule has 1 N–H and O–H groups in total. The molecule has 0 radical (unpaired) electrons. The van der Waals surface area contributed by atoms with Gasteiger partial charge in [0, 0.05) is 29.2 Å². The Morgan fingerprint density at radius 2 is 1.59 bits per heavy atom. The predicted octanol–water partition coefficient (Wildman–Crippen LogP) is 6.02. The van der Waals surface area contributed by atoms with Crippen LogP contribution in [0.2, 0.25) is 0 Å². The molecule has 0 spiro atoms. The van der Waals surface area contributed by atoms with Gasteiger partial charge in [0.15, 0.2) is 9.84 Å². The molecule has 0 saturated carbocycles. The van der Waals surface area contributed by atoms with Crippen molar-refractivity contribution in [2.45, 2.75) is 24.6 Å². The number of benzene rings is 3. The van der Waals surface area contributed by atoms with Crippen molar-refractivity contribution in [2.75, 3.05) is 11.1 Å². The highest BCUT2D eigenvalue weighted by atomic mass is 32.2. The molecule has 1 heterocycles. The summed E-state index contributed by atoms with van der Waals surface area (Å²) in [7, 11) is -3.33. The Hall–Kier alpha value is -4.05. The smallest absolute Gasteiger partial charge is 0.405 e. The van der Waals surface area contributed by atoms with Gasteiger partial charge in [-0.25, -0.2) is 8.42 Å². The van der Waals surface area contributed by atoms with Crippen LogP contribution in [0.25, 0.3) is 16.8 Å². The average Bonchev–Trinajstić information content (AvgIpc) is 3.39. The summed E-state index contributed by atoms with van der Waals surface area (Å²) in [4.78, 5) is 12.9. The van der Waals surface area contributed by atoms with E-state index in [0.29, 0.717) is 22.5 Å². The molecule has 4 aromatic rings. The van der Waals surface area contributed by atoms with Crippen molar-refractivity contribution in [1.82, 2.24) is 4.57 Å². The van der Waals surface area contributed by atoms with E-state index in [4.69, 9.17) is 0 Å². The van der Waals surface area contributed by atoms with Gasteiger partial charge in [-0.1, -0.05) is 43.3 Å². The number of amides is 1. The van der Waals surface area contributed by atoms with Gasteiger partial charge in [0.2, 0.25) is 5.91 Å². The Morgan fingerprint density at radius 1 is 0.919 bits per heavy atom. The lowest BCUT2D eigenvalue weighted by Gasteiger charge is -2.17. The molecule has 10 heteroatoms. The summed E-state index contributed by atoms with van der Waals surface area (Å²) >= 11 is 0. The number of nitrogens with one attached hydrogen (secondary N) is 1. The Labute approximate surface area is 212 Å². The number of para-hydroxylation sites is 1. The van der Waals surface area contributed by atoms with Crippen molar-refractivity contribution in [2.24, 2.45) is 0 Å². The standard InChI is InChI=1S/C27H23F3N2O4S/c1-2-37(34,35)21-12-9-19(10-13-21)17-26(33)31-20-11-14-22(24(18-20)32-15-5-6-16-32)23-7-3-4-8-25(23)36-27(28,29)30/h3-16,18H,2,17H2,1H3,(H,31,33). The van der Waals surface area contributed by atoms with Crippen LogP contribution >= 0.6 is 0 Å². The van der Waals surface area contributed by atoms with Gasteiger partial charge in [-0.3, -0.25) is 4.79 Å². The van der Waals surface area contributed by atoms with E-state index in [0.717, 1.165) is 0 Å². The van der Waals surface area contributed by atoms with E-state index in [1.807, 2.05) is 0 Å². The zero-order chi connectivity index (χ0) is 26.6. The molecule has 0 bridgehead atoms. The highest BCUT2D eigenvalue weighted by Crippen LogP contribution is 2.38. The third-order valence-corrected chi connectivity index (χ3v) is 7.34. The molecule has 3 aromatic carbocycles. The summed E-state index contributed by atoms with van der Waals surface area (Å²) < 4.78 is 68.9. The monoisotopic (exact) mass is 528 g/mol. The van der Waals surface area contributed by atoms with Crippen molar-refractivity contribution in [3.05, 3.63) is 96.8 Å². The van der Waals surface area contributed by atoms with E-state index in [1.54, 1.807) is 72.4 Å². The van der Waals surface area contributed by atoms with Crippen molar-refractivity contribution in [1.29, 1.82) is 0 Å². The molecule has 0 aliphatic heterocycles. The Balaban J connectivity index is 1.61. The van der Waals surface area contributed by atoms with Crippen LogP contribution in [0.3, 0.4) is 0 Å². The minimum atomic E-state index is -4.85. The van der Waals surface area contributed by atoms with Gasteiger partial charge < -0.3 is 14.6 Å². The minimum Gasteiger partial charge on any atom is -0.405 e. The number of halogens is 3. The normalized spacial score (nSPS) is 11.8. The number of ether oxygens (including phenoxy) is 1. The fourth-order valence-electron chi connectivity index (χ4n) is 3.82. The second kappa shape index (κ2) is 10.5. The molecule has 0 aliphatic carbocycles. The number of aromatic nitrogens is 1. The summed E-state index contributed by atoms with van der Waals surface area (Å²) in [5.74, 6) is -0.689. The molecule has 0 aliphatic rings. The minimum absolute atomic E-state index is 0.00924. The summed E-state index contributed by atoms with van der Waals surface area (Å²) in [5.41, 5.74) is 2.32. The lowest BCUT2D eigenvalue weighted by atomic mass is 10.0. The van der Waals surface area contributed by atoms with Crippen LogP contribution in [0, 0.1) is 0 Å². The first-order valence-corrected chi connectivity index (χ1v) is 12.9. The highest BCUT2D eigenvalue weighted by molar-refractivity contribution is 7.91. The number of anilines is 1. The maximum absolute atomic E-state index is 13.0. The van der Waals surface area contributed by atoms with E-state index in [-0.39, 0.29) is 34.3 Å². The van der Waals surface area contributed by atoms with Crippen molar-refractivity contribution in [3.63, 3.8) is 0 Å². The molecule has 0 atom stereocenters. The SMILES string of the molecule is CCS(=O)(=O)c1ccc(CC(=O)Nc2ccc(-c3ccccc3OC(F)(F)F)c(-n3cccc3)c2)cc1. The van der Waals surface area contributed by atoms with Gasteiger partial charge in [-0.05, 0) is 48.0 Å². The number of hydrogen-bond acceptors (Lipinski definition) is 4. The quantitative estimate of drug-likeness (QED) is 0.304. The molecule has 0 saturated heterocycles. The number of rotatable bonds is 8. The van der Waals surface area contributed by atoms with Gasteiger partial charge in [0.1, 0.15) is 5.75 Å². The topological polar surface area (TPSA) is 77.4 Å². The summed E-state index contributed by atoms with van der Waals surface area (Å²) in [5, 5.41) is 2.80. The van der Waals surface area contributed by atoms with Gasteiger partial charge in [0.05, 0.1) is 22.8 Å². The van der Waals surface area contributed by atoms with Gasteiger partial charge in [-0.15, -0.1) is 13.2 Å². The fraction of sp³-hybridized carbons (Fsp3) is 0.148. The zero-order valence-corrected chi connectivity index (χ0v) is 20.5. The van der Waals surface area contributed by atoms with Crippen LogP contribution in [-0.2, 0) is 21.1 Å². The molecule has 1 amide bonds. The Morgan fingerprint density at radius 3 is 2.24 bits per heavy atom. The van der Waals surface area contributed by atoms with Crippen molar-refractivity contribution >= 4 is 21.4 Å². The molecule has 0 unspecified atom stereocenters. The van der Waals surface area contributed by atoms with Gasteiger partial charge in [0.25, 0.3) is 0 Å². The number of hydrogen-bond donors (Lipinski definition) is 1. The van der Waals surface area contributed by atoms with Gasteiger partial charge in [-0.2, -0.15) is 0 Å². The summed E-state index contributed by atoms with van der Waals surface area (Å²) in [6.45, 7) is 1.56.